The molecule has 1 aliphatic rings. The minimum absolute atomic E-state index is 0.359. The lowest BCUT2D eigenvalue weighted by Crippen LogP contribution is -2.48. The molecule has 24 heavy (non-hydrogen) atoms. The molecule has 0 fully saturated rings. The highest BCUT2D eigenvalue weighted by Crippen LogP contribution is 2.34. The molecule has 130 valence electrons. The van der Waals surface area contributed by atoms with E-state index in [-0.39, 0.29) is 0 Å². The first-order chi connectivity index (χ1) is 11.3. The highest BCUT2D eigenvalue weighted by molar-refractivity contribution is 7.10. The van der Waals surface area contributed by atoms with Crippen LogP contribution >= 0.6 is 11.3 Å². The predicted octanol–water partition coefficient (Wildman–Crippen LogP) is 2.52. The number of aliphatic carboxylic acids is 1. The van der Waals surface area contributed by atoms with Gasteiger partial charge in [-0.1, -0.05) is 18.1 Å². The molecule has 2 unspecified atom stereocenters. The second kappa shape index (κ2) is 7.61. The topological polar surface area (TPSA) is 95.5 Å². The fourth-order valence-corrected chi connectivity index (χ4v) is 3.61. The van der Waals surface area contributed by atoms with E-state index < -0.39 is 29.6 Å². The lowest BCUT2D eigenvalue weighted by Gasteiger charge is -2.29. The van der Waals surface area contributed by atoms with Gasteiger partial charge < -0.3 is 5.11 Å². The second-order valence-corrected chi connectivity index (χ2v) is 7.11. The molecule has 2 atom stereocenters. The second-order valence-electron chi connectivity index (χ2n) is 6.12. The van der Waals surface area contributed by atoms with Crippen molar-refractivity contribution in [1.82, 2.24) is 10.9 Å². The van der Waals surface area contributed by atoms with Crippen LogP contribution in [0.5, 0.6) is 0 Å². The van der Waals surface area contributed by atoms with Crippen LogP contribution < -0.4 is 10.9 Å². The van der Waals surface area contributed by atoms with Crippen LogP contribution in [0.15, 0.2) is 22.6 Å². The van der Waals surface area contributed by atoms with Gasteiger partial charge in [0.05, 0.1) is 17.4 Å². The average Bonchev–Trinajstić information content (AvgIpc) is 3.03. The Morgan fingerprint density at radius 1 is 1.17 bits per heavy atom. The quantitative estimate of drug-likeness (QED) is 0.574. The molecule has 3 N–H and O–H groups in total. The van der Waals surface area contributed by atoms with E-state index in [1.807, 2.05) is 20.8 Å². The maximum absolute atomic E-state index is 12.4. The molecule has 0 aliphatic heterocycles. The summed E-state index contributed by atoms with van der Waals surface area (Å²) in [6.07, 6.45) is 1.60. The van der Waals surface area contributed by atoms with Crippen molar-refractivity contribution in [2.45, 2.75) is 40.0 Å². The molecule has 7 heteroatoms. The van der Waals surface area contributed by atoms with Gasteiger partial charge in [0, 0.05) is 10.3 Å². The van der Waals surface area contributed by atoms with Crippen molar-refractivity contribution >= 4 is 29.1 Å². The summed E-state index contributed by atoms with van der Waals surface area (Å²) in [6.45, 7) is 5.80. The molecular formula is C17H22N2O4S. The van der Waals surface area contributed by atoms with E-state index in [2.05, 4.69) is 10.9 Å². The Morgan fingerprint density at radius 2 is 1.79 bits per heavy atom. The number of thiophene rings is 1. The van der Waals surface area contributed by atoms with Crippen LogP contribution in [0.3, 0.4) is 0 Å². The number of hydrogen-bond acceptors (Lipinski definition) is 4. The van der Waals surface area contributed by atoms with Crippen LogP contribution in [0, 0.1) is 11.8 Å². The lowest BCUT2D eigenvalue weighted by molar-refractivity contribution is -0.147. The van der Waals surface area contributed by atoms with E-state index in [1.165, 1.54) is 11.3 Å². The number of nitrogens with one attached hydrogen (secondary N) is 2. The summed E-state index contributed by atoms with van der Waals surface area (Å²) in [7, 11) is 0. The monoisotopic (exact) mass is 350 g/mol. The van der Waals surface area contributed by atoms with E-state index in [0.29, 0.717) is 18.4 Å². The summed E-state index contributed by atoms with van der Waals surface area (Å²) < 4.78 is 0. The number of rotatable bonds is 4. The molecule has 0 saturated carbocycles. The first-order valence-corrected chi connectivity index (χ1v) is 8.77. The van der Waals surface area contributed by atoms with E-state index >= 15 is 0 Å². The van der Waals surface area contributed by atoms with Gasteiger partial charge in [-0.25, -0.2) is 0 Å². The van der Waals surface area contributed by atoms with Crippen LogP contribution in [0.4, 0.5) is 0 Å². The molecule has 1 aliphatic carbocycles. The van der Waals surface area contributed by atoms with Gasteiger partial charge >= 0.3 is 5.97 Å². The summed E-state index contributed by atoms with van der Waals surface area (Å²) in [6, 6.07) is 1.78. The van der Waals surface area contributed by atoms with Gasteiger partial charge in [0.2, 0.25) is 5.91 Å². The smallest absolute Gasteiger partial charge is 0.307 e. The number of amides is 2. The summed E-state index contributed by atoms with van der Waals surface area (Å²) in [5, 5.41) is 11.1. The molecule has 2 amide bonds. The van der Waals surface area contributed by atoms with Gasteiger partial charge in [-0.15, -0.1) is 11.3 Å². The highest BCUT2D eigenvalue weighted by atomic mass is 32.1. The third-order valence-electron chi connectivity index (χ3n) is 4.48. The minimum Gasteiger partial charge on any atom is -0.481 e. The molecule has 1 aromatic heterocycles. The average molecular weight is 350 g/mol. The maximum Gasteiger partial charge on any atom is 0.307 e. The fourth-order valence-electron chi connectivity index (χ4n) is 2.80. The Kier molecular flexibility index (Phi) is 5.77. The van der Waals surface area contributed by atoms with Crippen molar-refractivity contribution in [2.75, 3.05) is 0 Å². The first-order valence-electron chi connectivity index (χ1n) is 7.89. The van der Waals surface area contributed by atoms with Gasteiger partial charge in [0.15, 0.2) is 0 Å². The predicted molar refractivity (Wildman–Crippen MR) is 91.5 cm³/mol. The zero-order valence-corrected chi connectivity index (χ0v) is 14.8. The van der Waals surface area contributed by atoms with Crippen molar-refractivity contribution in [2.24, 2.45) is 11.8 Å². The van der Waals surface area contributed by atoms with Gasteiger partial charge in [0.25, 0.3) is 5.91 Å². The van der Waals surface area contributed by atoms with Crippen molar-refractivity contribution in [3.8, 4) is 0 Å². The summed E-state index contributed by atoms with van der Waals surface area (Å²) in [5.41, 5.74) is 7.29. The molecular weight excluding hydrogens is 328 g/mol. The van der Waals surface area contributed by atoms with Gasteiger partial charge in [-0.3, -0.25) is 25.2 Å². The summed E-state index contributed by atoms with van der Waals surface area (Å²) in [4.78, 5) is 36.9. The number of allylic oxidation sites excluding steroid dienone is 2. The number of aryl methyl sites for hydroxylation is 1. The Labute approximate surface area is 144 Å². The van der Waals surface area contributed by atoms with Crippen LogP contribution in [0.1, 0.15) is 48.8 Å². The highest BCUT2D eigenvalue weighted by Gasteiger charge is 2.37. The Hall–Kier alpha value is -2.15. The Morgan fingerprint density at radius 3 is 2.33 bits per heavy atom. The van der Waals surface area contributed by atoms with E-state index in [9.17, 15) is 19.5 Å². The Balaban J connectivity index is 2.00. The van der Waals surface area contributed by atoms with Crippen molar-refractivity contribution in [3.63, 3.8) is 0 Å². The third-order valence-corrected chi connectivity index (χ3v) is 5.57. The van der Waals surface area contributed by atoms with Crippen molar-refractivity contribution in [1.29, 1.82) is 0 Å². The van der Waals surface area contributed by atoms with Crippen LogP contribution in [-0.2, 0) is 16.0 Å². The minimum atomic E-state index is -0.987. The summed E-state index contributed by atoms with van der Waals surface area (Å²) in [5.74, 6) is -3.30. The number of hydrogen-bond donors (Lipinski definition) is 3. The number of carboxylic acids is 1. The largest absolute Gasteiger partial charge is 0.481 e. The first kappa shape index (κ1) is 18.2. The standard InChI is InChI=1S/C17H22N2O4S/c1-4-12-7-11(8-24-12)15(20)18-19-16(21)13-5-9(2)10(3)6-14(13)17(22)23/h7-8,13-14H,4-6H2,1-3H3,(H,18,20)(H,19,21)(H,22,23). The van der Waals surface area contributed by atoms with Gasteiger partial charge in [0.1, 0.15) is 0 Å². The zero-order valence-electron chi connectivity index (χ0n) is 14.0. The van der Waals surface area contributed by atoms with Crippen LogP contribution in [0.2, 0.25) is 0 Å². The molecule has 6 nitrogen and oxygen atoms in total. The molecule has 0 radical (unpaired) electrons. The number of carbonyl (C=O) groups is 3. The fraction of sp³-hybridized carbons (Fsp3) is 0.471. The molecule has 1 heterocycles. The normalized spacial score (nSPS) is 20.6. The van der Waals surface area contributed by atoms with Gasteiger partial charge in [-0.2, -0.15) is 0 Å². The van der Waals surface area contributed by atoms with E-state index in [1.54, 1.807) is 11.4 Å². The SMILES string of the molecule is CCc1cc(C(=O)NNC(=O)C2CC(C)=C(C)CC2C(=O)O)cs1. The van der Waals surface area contributed by atoms with Gasteiger partial charge in [-0.05, 0) is 39.2 Å². The molecule has 1 aromatic rings. The lowest BCUT2D eigenvalue weighted by atomic mass is 9.76. The maximum atomic E-state index is 12.4. The summed E-state index contributed by atoms with van der Waals surface area (Å²) >= 11 is 1.49. The number of hydrazine groups is 1. The zero-order chi connectivity index (χ0) is 17.9. The molecule has 2 rings (SSSR count). The molecule has 0 aromatic carbocycles. The Bertz CT molecular complexity index is 693. The number of carboxylic acid groups (broad SMARTS) is 1. The van der Waals surface area contributed by atoms with E-state index in [0.717, 1.165) is 22.4 Å². The van der Waals surface area contributed by atoms with E-state index in [4.69, 9.17) is 0 Å². The van der Waals surface area contributed by atoms with Crippen molar-refractivity contribution in [3.05, 3.63) is 33.0 Å². The third kappa shape index (κ3) is 4.03. The van der Waals surface area contributed by atoms with Crippen LogP contribution in [0.25, 0.3) is 0 Å². The van der Waals surface area contributed by atoms with Crippen molar-refractivity contribution < 1.29 is 19.5 Å². The molecule has 0 bridgehead atoms. The molecule has 0 saturated heterocycles. The number of carbonyl (C=O) groups excluding carboxylic acids is 2. The molecule has 0 spiro atoms. The van der Waals surface area contributed by atoms with Crippen LogP contribution in [-0.4, -0.2) is 22.9 Å².